The molecule has 0 aromatic heterocycles. The Morgan fingerprint density at radius 3 is 2.10 bits per heavy atom. The first-order chi connectivity index (χ1) is 9.96. The fourth-order valence-electron chi connectivity index (χ4n) is 2.13. The van der Waals surface area contributed by atoms with Crippen LogP contribution in [0.3, 0.4) is 0 Å². The van der Waals surface area contributed by atoms with Crippen LogP contribution in [0.15, 0.2) is 59.6 Å². The minimum Gasteiger partial charge on any atom is -0.372 e. The predicted molar refractivity (Wildman–Crippen MR) is 80.5 cm³/mol. The van der Waals surface area contributed by atoms with Crippen LogP contribution >= 0.6 is 0 Å². The summed E-state index contributed by atoms with van der Waals surface area (Å²) in [5.74, 6) is -1.09. The summed E-state index contributed by atoms with van der Waals surface area (Å²) in [6.07, 6.45) is 0. The SMILES string of the molecule is NC(=O)C(O)(c1ccccc1)c1ccccc1N=C(N)N. The Balaban J connectivity index is 2.71. The molecule has 0 saturated carbocycles. The predicted octanol–water partition coefficient (Wildman–Crippen LogP) is 0.313. The summed E-state index contributed by atoms with van der Waals surface area (Å²) in [6, 6.07) is 14.9. The first-order valence-corrected chi connectivity index (χ1v) is 6.23. The number of carbonyl (C=O) groups excluding carboxylic acids is 1. The molecule has 0 spiro atoms. The van der Waals surface area contributed by atoms with Gasteiger partial charge in [0, 0.05) is 5.56 Å². The minimum absolute atomic E-state index is 0.178. The van der Waals surface area contributed by atoms with E-state index in [0.29, 0.717) is 5.56 Å². The number of carbonyl (C=O) groups is 1. The molecule has 1 unspecified atom stereocenters. The molecule has 0 fully saturated rings. The van der Waals surface area contributed by atoms with E-state index >= 15 is 0 Å². The molecule has 2 aromatic rings. The van der Waals surface area contributed by atoms with Crippen molar-refractivity contribution < 1.29 is 9.90 Å². The van der Waals surface area contributed by atoms with Gasteiger partial charge in [0.15, 0.2) is 11.6 Å². The Hall–Kier alpha value is -2.86. The number of guanidine groups is 1. The van der Waals surface area contributed by atoms with E-state index in [4.69, 9.17) is 17.2 Å². The molecule has 0 aliphatic heterocycles. The van der Waals surface area contributed by atoms with Crippen molar-refractivity contribution in [3.63, 3.8) is 0 Å². The largest absolute Gasteiger partial charge is 0.372 e. The average Bonchev–Trinajstić information content (AvgIpc) is 2.47. The van der Waals surface area contributed by atoms with E-state index in [1.807, 2.05) is 0 Å². The van der Waals surface area contributed by atoms with Crippen LogP contribution in [0.5, 0.6) is 0 Å². The summed E-state index contributed by atoms with van der Waals surface area (Å²) in [7, 11) is 0. The zero-order chi connectivity index (χ0) is 15.5. The zero-order valence-corrected chi connectivity index (χ0v) is 11.2. The Kier molecular flexibility index (Phi) is 3.91. The third kappa shape index (κ3) is 2.70. The second-order valence-corrected chi connectivity index (χ2v) is 4.49. The van der Waals surface area contributed by atoms with Crippen LogP contribution in [0.4, 0.5) is 5.69 Å². The highest BCUT2D eigenvalue weighted by Crippen LogP contribution is 2.35. The third-order valence-corrected chi connectivity index (χ3v) is 3.09. The van der Waals surface area contributed by atoms with Gasteiger partial charge in [0.1, 0.15) is 0 Å². The molecule has 21 heavy (non-hydrogen) atoms. The Bertz CT molecular complexity index is 681. The first-order valence-electron chi connectivity index (χ1n) is 6.23. The second kappa shape index (κ2) is 5.64. The molecule has 108 valence electrons. The van der Waals surface area contributed by atoms with Gasteiger partial charge in [-0.1, -0.05) is 48.5 Å². The van der Waals surface area contributed by atoms with Gasteiger partial charge in [0.05, 0.1) is 5.69 Å². The topological polar surface area (TPSA) is 128 Å². The maximum Gasteiger partial charge on any atom is 0.258 e. The lowest BCUT2D eigenvalue weighted by atomic mass is 9.84. The number of benzene rings is 2. The first kappa shape index (κ1) is 14.5. The molecule has 0 radical (unpaired) electrons. The standard InChI is InChI=1S/C15H16N4O2/c16-13(20)15(21,10-6-2-1-3-7-10)11-8-4-5-9-12(11)19-14(17)18/h1-9,21H,(H2,16,20)(H4,17,18,19). The van der Waals surface area contributed by atoms with Crippen LogP contribution in [0.25, 0.3) is 0 Å². The summed E-state index contributed by atoms with van der Waals surface area (Å²) >= 11 is 0. The van der Waals surface area contributed by atoms with E-state index in [1.165, 1.54) is 0 Å². The van der Waals surface area contributed by atoms with Gasteiger partial charge in [-0.15, -0.1) is 0 Å². The molecule has 0 heterocycles. The number of nitrogens with zero attached hydrogens (tertiary/aromatic N) is 1. The summed E-state index contributed by atoms with van der Waals surface area (Å²) in [6.45, 7) is 0. The number of primary amides is 1. The summed E-state index contributed by atoms with van der Waals surface area (Å²) in [4.78, 5) is 15.9. The fourth-order valence-corrected chi connectivity index (χ4v) is 2.13. The van der Waals surface area contributed by atoms with Crippen molar-refractivity contribution in [2.45, 2.75) is 5.60 Å². The summed E-state index contributed by atoms with van der Waals surface area (Å²) in [5.41, 5.74) is 15.0. The van der Waals surface area contributed by atoms with Gasteiger partial charge in [0.2, 0.25) is 0 Å². The van der Waals surface area contributed by atoms with Crippen LogP contribution in [-0.4, -0.2) is 17.0 Å². The molecule has 0 bridgehead atoms. The van der Waals surface area contributed by atoms with Crippen LogP contribution < -0.4 is 17.2 Å². The highest BCUT2D eigenvalue weighted by molar-refractivity contribution is 5.91. The van der Waals surface area contributed by atoms with E-state index < -0.39 is 11.5 Å². The molecule has 2 rings (SSSR count). The average molecular weight is 284 g/mol. The number of hydrogen-bond donors (Lipinski definition) is 4. The van der Waals surface area contributed by atoms with Gasteiger partial charge >= 0.3 is 0 Å². The molecular formula is C15H16N4O2. The highest BCUT2D eigenvalue weighted by atomic mass is 16.3. The highest BCUT2D eigenvalue weighted by Gasteiger charge is 2.39. The van der Waals surface area contributed by atoms with Crippen molar-refractivity contribution in [2.24, 2.45) is 22.2 Å². The van der Waals surface area contributed by atoms with Gasteiger partial charge in [-0.2, -0.15) is 0 Å². The lowest BCUT2D eigenvalue weighted by Gasteiger charge is -2.26. The quantitative estimate of drug-likeness (QED) is 0.476. The molecular weight excluding hydrogens is 268 g/mol. The summed E-state index contributed by atoms with van der Waals surface area (Å²) < 4.78 is 0. The smallest absolute Gasteiger partial charge is 0.258 e. The zero-order valence-electron chi connectivity index (χ0n) is 11.2. The van der Waals surface area contributed by atoms with Crippen LogP contribution in [-0.2, 0) is 10.4 Å². The normalized spacial score (nSPS) is 13.2. The van der Waals surface area contributed by atoms with Gasteiger partial charge in [-0.3, -0.25) is 4.79 Å². The number of hydrogen-bond acceptors (Lipinski definition) is 3. The molecule has 1 atom stereocenters. The number of para-hydroxylation sites is 1. The lowest BCUT2D eigenvalue weighted by Crippen LogP contribution is -2.42. The molecule has 0 aliphatic carbocycles. The Morgan fingerprint density at radius 1 is 0.952 bits per heavy atom. The fraction of sp³-hybridized carbons (Fsp3) is 0.0667. The molecule has 1 amide bonds. The summed E-state index contributed by atoms with van der Waals surface area (Å²) in [5, 5.41) is 10.9. The molecule has 6 nitrogen and oxygen atoms in total. The van der Waals surface area contributed by atoms with E-state index in [1.54, 1.807) is 54.6 Å². The van der Waals surface area contributed by atoms with Crippen molar-refractivity contribution in [2.75, 3.05) is 0 Å². The van der Waals surface area contributed by atoms with Crippen molar-refractivity contribution >= 4 is 17.6 Å². The maximum atomic E-state index is 11.9. The Labute approximate surface area is 121 Å². The van der Waals surface area contributed by atoms with E-state index in [9.17, 15) is 9.90 Å². The van der Waals surface area contributed by atoms with Gasteiger partial charge in [-0.25, -0.2) is 4.99 Å². The number of amides is 1. The molecule has 7 N–H and O–H groups in total. The van der Waals surface area contributed by atoms with Crippen molar-refractivity contribution in [1.82, 2.24) is 0 Å². The van der Waals surface area contributed by atoms with Crippen LogP contribution in [0.1, 0.15) is 11.1 Å². The number of nitrogens with two attached hydrogens (primary N) is 3. The van der Waals surface area contributed by atoms with Crippen molar-refractivity contribution in [1.29, 1.82) is 0 Å². The molecule has 0 saturated heterocycles. The molecule has 6 heteroatoms. The van der Waals surface area contributed by atoms with E-state index in [2.05, 4.69) is 4.99 Å². The van der Waals surface area contributed by atoms with Crippen molar-refractivity contribution in [3.8, 4) is 0 Å². The van der Waals surface area contributed by atoms with Crippen molar-refractivity contribution in [3.05, 3.63) is 65.7 Å². The van der Waals surface area contributed by atoms with E-state index in [-0.39, 0.29) is 17.2 Å². The minimum atomic E-state index is -2.02. The van der Waals surface area contributed by atoms with Gasteiger partial charge < -0.3 is 22.3 Å². The van der Waals surface area contributed by atoms with Gasteiger partial charge in [0.25, 0.3) is 5.91 Å². The van der Waals surface area contributed by atoms with Gasteiger partial charge in [-0.05, 0) is 11.6 Å². The second-order valence-electron chi connectivity index (χ2n) is 4.49. The molecule has 2 aromatic carbocycles. The number of aliphatic imine (C=N–C) groups is 1. The number of aliphatic hydroxyl groups is 1. The third-order valence-electron chi connectivity index (χ3n) is 3.09. The maximum absolute atomic E-state index is 11.9. The lowest BCUT2D eigenvalue weighted by molar-refractivity contribution is -0.133. The Morgan fingerprint density at radius 2 is 1.52 bits per heavy atom. The van der Waals surface area contributed by atoms with E-state index in [0.717, 1.165) is 0 Å². The monoisotopic (exact) mass is 284 g/mol. The van der Waals surface area contributed by atoms with Crippen LogP contribution in [0.2, 0.25) is 0 Å². The number of rotatable bonds is 4. The molecule has 0 aliphatic rings. The van der Waals surface area contributed by atoms with Crippen LogP contribution in [0, 0.1) is 0 Å².